The number of sulfone groups is 1. The second-order valence-electron chi connectivity index (χ2n) is 4.15. The molecule has 0 aliphatic rings. The normalized spacial score (nSPS) is 11.4. The fraction of sp³-hybridized carbons (Fsp3) is 0.818. The van der Waals surface area contributed by atoms with Crippen LogP contribution >= 0.6 is 0 Å². The molecular weight excluding hydrogens is 274 g/mol. The second kappa shape index (κ2) is 8.87. The number of hydrogen-bond acceptors (Lipinski definition) is 7. The molecule has 7 nitrogen and oxygen atoms in total. The van der Waals surface area contributed by atoms with Crippen LogP contribution in [0.2, 0.25) is 0 Å². The highest BCUT2D eigenvalue weighted by atomic mass is 32.2. The molecule has 0 aliphatic heterocycles. The van der Waals surface area contributed by atoms with Gasteiger partial charge in [-0.1, -0.05) is 0 Å². The quantitative estimate of drug-likeness (QED) is 0.528. The second-order valence-corrected chi connectivity index (χ2v) is 6.41. The van der Waals surface area contributed by atoms with Gasteiger partial charge in [0.1, 0.15) is 23.1 Å². The largest absolute Gasteiger partial charge is 0.465 e. The van der Waals surface area contributed by atoms with E-state index in [-0.39, 0.29) is 30.9 Å². The molecule has 0 saturated carbocycles. The molecule has 0 aromatic rings. The Kier molecular flexibility index (Phi) is 8.33. The maximum atomic E-state index is 11.1. The standard InChI is InChI=1S/C11H21NO6S/c1-10(13)17-7-4-12(5-8-18-11(2)14)6-9-19(3,15)16/h4-9H2,1-3H3. The van der Waals surface area contributed by atoms with Gasteiger partial charge >= 0.3 is 11.9 Å². The Morgan fingerprint density at radius 3 is 1.68 bits per heavy atom. The lowest BCUT2D eigenvalue weighted by Gasteiger charge is -2.21. The van der Waals surface area contributed by atoms with E-state index in [0.29, 0.717) is 19.6 Å². The lowest BCUT2D eigenvalue weighted by Crippen LogP contribution is -2.35. The van der Waals surface area contributed by atoms with E-state index in [1.165, 1.54) is 13.8 Å². The molecule has 0 aliphatic carbocycles. The van der Waals surface area contributed by atoms with Crippen molar-refractivity contribution in [3.63, 3.8) is 0 Å². The minimum absolute atomic E-state index is 0.00709. The number of nitrogens with zero attached hydrogens (tertiary/aromatic N) is 1. The minimum Gasteiger partial charge on any atom is -0.465 e. The van der Waals surface area contributed by atoms with Crippen LogP contribution < -0.4 is 0 Å². The van der Waals surface area contributed by atoms with E-state index in [1.807, 2.05) is 0 Å². The molecule has 0 aromatic carbocycles. The predicted molar refractivity (Wildman–Crippen MR) is 69.4 cm³/mol. The first-order chi connectivity index (χ1) is 8.70. The van der Waals surface area contributed by atoms with Crippen molar-refractivity contribution >= 4 is 21.8 Å². The molecule has 8 heteroatoms. The smallest absolute Gasteiger partial charge is 0.302 e. The van der Waals surface area contributed by atoms with Crippen molar-refractivity contribution in [1.29, 1.82) is 0 Å². The monoisotopic (exact) mass is 295 g/mol. The van der Waals surface area contributed by atoms with Crippen molar-refractivity contribution in [2.24, 2.45) is 0 Å². The number of carbonyl (C=O) groups excluding carboxylic acids is 2. The molecule has 0 amide bonds. The van der Waals surface area contributed by atoms with Gasteiger partial charge in [0.2, 0.25) is 0 Å². The van der Waals surface area contributed by atoms with Gasteiger partial charge in [-0.2, -0.15) is 0 Å². The highest BCUT2D eigenvalue weighted by Crippen LogP contribution is 1.94. The molecule has 0 atom stereocenters. The lowest BCUT2D eigenvalue weighted by atomic mass is 10.4. The number of carbonyl (C=O) groups is 2. The Morgan fingerprint density at radius 1 is 0.947 bits per heavy atom. The molecule has 0 fully saturated rings. The van der Waals surface area contributed by atoms with Gasteiger partial charge in [-0.15, -0.1) is 0 Å². The minimum atomic E-state index is -3.06. The summed E-state index contributed by atoms with van der Waals surface area (Å²) in [6.45, 7) is 4.08. The summed E-state index contributed by atoms with van der Waals surface area (Å²) < 4.78 is 31.8. The SMILES string of the molecule is CC(=O)OCCN(CCOC(C)=O)CCS(C)(=O)=O. The zero-order valence-corrected chi connectivity index (χ0v) is 12.4. The Hall–Kier alpha value is -1.15. The van der Waals surface area contributed by atoms with Gasteiger partial charge in [-0.3, -0.25) is 14.5 Å². The highest BCUT2D eigenvalue weighted by Gasteiger charge is 2.10. The lowest BCUT2D eigenvalue weighted by molar-refractivity contribution is -0.141. The number of rotatable bonds is 9. The molecule has 0 radical (unpaired) electrons. The predicted octanol–water partition coefficient (Wildman–Crippen LogP) is -0.541. The van der Waals surface area contributed by atoms with Crippen molar-refractivity contribution in [2.75, 3.05) is 44.9 Å². The number of hydrogen-bond donors (Lipinski definition) is 0. The van der Waals surface area contributed by atoms with Gasteiger partial charge in [-0.05, 0) is 0 Å². The molecule has 0 heterocycles. The molecular formula is C11H21NO6S. The molecule has 0 unspecified atom stereocenters. The van der Waals surface area contributed by atoms with Crippen molar-refractivity contribution in [2.45, 2.75) is 13.8 Å². The third kappa shape index (κ3) is 13.1. The first kappa shape index (κ1) is 17.8. The van der Waals surface area contributed by atoms with Crippen LogP contribution in [0.1, 0.15) is 13.8 Å². The number of ether oxygens (including phenoxy) is 2. The maximum Gasteiger partial charge on any atom is 0.302 e. The highest BCUT2D eigenvalue weighted by molar-refractivity contribution is 7.90. The third-order valence-electron chi connectivity index (χ3n) is 2.20. The Morgan fingerprint density at radius 2 is 1.37 bits per heavy atom. The van der Waals surface area contributed by atoms with E-state index in [9.17, 15) is 18.0 Å². The van der Waals surface area contributed by atoms with E-state index in [4.69, 9.17) is 9.47 Å². The zero-order chi connectivity index (χ0) is 14.9. The van der Waals surface area contributed by atoms with E-state index in [0.717, 1.165) is 6.26 Å². The summed E-state index contributed by atoms with van der Waals surface area (Å²) in [7, 11) is -3.06. The Bertz CT molecular complexity index is 372. The Labute approximate surface area is 113 Å². The van der Waals surface area contributed by atoms with E-state index < -0.39 is 9.84 Å². The van der Waals surface area contributed by atoms with Crippen LogP contribution in [0.25, 0.3) is 0 Å². The molecule has 0 bridgehead atoms. The van der Waals surface area contributed by atoms with Gasteiger partial charge in [0.15, 0.2) is 0 Å². The third-order valence-corrected chi connectivity index (χ3v) is 3.13. The van der Waals surface area contributed by atoms with Crippen molar-refractivity contribution in [1.82, 2.24) is 4.90 Å². The van der Waals surface area contributed by atoms with Gasteiger partial charge in [0.25, 0.3) is 0 Å². The van der Waals surface area contributed by atoms with Gasteiger partial charge in [-0.25, -0.2) is 8.42 Å². The van der Waals surface area contributed by atoms with Crippen LogP contribution in [0.5, 0.6) is 0 Å². The average Bonchev–Trinajstić information content (AvgIpc) is 2.23. The van der Waals surface area contributed by atoms with Crippen LogP contribution in [0.3, 0.4) is 0 Å². The molecule has 0 aromatic heterocycles. The van der Waals surface area contributed by atoms with E-state index in [1.54, 1.807) is 4.90 Å². The van der Waals surface area contributed by atoms with Crippen molar-refractivity contribution < 1.29 is 27.5 Å². The summed E-state index contributed by atoms with van der Waals surface area (Å²) in [4.78, 5) is 23.1. The molecule has 0 spiro atoms. The van der Waals surface area contributed by atoms with Gasteiger partial charge in [0.05, 0.1) is 5.75 Å². The molecule has 0 rings (SSSR count). The average molecular weight is 295 g/mol. The summed E-state index contributed by atoms with van der Waals surface area (Å²) in [6.07, 6.45) is 1.16. The van der Waals surface area contributed by atoms with Crippen LogP contribution in [-0.2, 0) is 28.9 Å². The summed E-state index contributed by atoms with van der Waals surface area (Å²) in [5.41, 5.74) is 0. The van der Waals surface area contributed by atoms with Crippen molar-refractivity contribution in [3.05, 3.63) is 0 Å². The number of esters is 2. The zero-order valence-electron chi connectivity index (χ0n) is 11.5. The van der Waals surface area contributed by atoms with Gasteiger partial charge in [0, 0.05) is 39.7 Å². The van der Waals surface area contributed by atoms with Gasteiger partial charge < -0.3 is 9.47 Å². The summed E-state index contributed by atoms with van der Waals surface area (Å²) in [5.74, 6) is -0.765. The molecule has 112 valence electrons. The molecule has 0 saturated heterocycles. The van der Waals surface area contributed by atoms with Crippen LogP contribution in [-0.4, -0.2) is 70.1 Å². The maximum absolute atomic E-state index is 11.1. The summed E-state index contributed by atoms with van der Waals surface area (Å²) >= 11 is 0. The molecule has 19 heavy (non-hydrogen) atoms. The van der Waals surface area contributed by atoms with Crippen molar-refractivity contribution in [3.8, 4) is 0 Å². The van der Waals surface area contributed by atoms with E-state index in [2.05, 4.69) is 0 Å². The summed E-state index contributed by atoms with van der Waals surface area (Å²) in [6, 6.07) is 0. The fourth-order valence-corrected chi connectivity index (χ4v) is 1.86. The first-order valence-electron chi connectivity index (χ1n) is 5.87. The Balaban J connectivity index is 4.13. The van der Waals surface area contributed by atoms with Crippen LogP contribution in [0.15, 0.2) is 0 Å². The van der Waals surface area contributed by atoms with Crippen LogP contribution in [0.4, 0.5) is 0 Å². The van der Waals surface area contributed by atoms with Crippen LogP contribution in [0, 0.1) is 0 Å². The topological polar surface area (TPSA) is 90.0 Å². The summed E-state index contributed by atoms with van der Waals surface area (Å²) in [5, 5.41) is 0. The first-order valence-corrected chi connectivity index (χ1v) is 7.93. The molecule has 0 N–H and O–H groups in total. The fourth-order valence-electron chi connectivity index (χ4n) is 1.27. The van der Waals surface area contributed by atoms with E-state index >= 15 is 0 Å².